The predicted octanol–water partition coefficient (Wildman–Crippen LogP) is 4.09. The second-order valence-electron chi connectivity index (χ2n) is 3.76. The largest absolute Gasteiger partial charge is 0.417 e. The molecule has 1 aromatic heterocycles. The van der Waals surface area contributed by atoms with Crippen molar-refractivity contribution < 1.29 is 18.0 Å². The van der Waals surface area contributed by atoms with Gasteiger partial charge in [-0.05, 0) is 28.1 Å². The minimum atomic E-state index is -4.56. The van der Waals surface area contributed by atoms with Crippen molar-refractivity contribution in [3.05, 3.63) is 63.9 Å². The summed E-state index contributed by atoms with van der Waals surface area (Å²) in [5.74, 6) is -0.707. The molecule has 0 saturated carbocycles. The summed E-state index contributed by atoms with van der Waals surface area (Å²) in [4.78, 5) is 15.9. The fourth-order valence-electron chi connectivity index (χ4n) is 1.62. The minimum Gasteiger partial charge on any atom is -0.289 e. The second kappa shape index (κ2) is 5.13. The van der Waals surface area contributed by atoms with E-state index in [0.29, 0.717) is 4.47 Å². The molecule has 2 rings (SSSR count). The average molecular weight is 330 g/mol. The van der Waals surface area contributed by atoms with Crippen molar-refractivity contribution in [2.24, 2.45) is 0 Å². The zero-order valence-electron chi connectivity index (χ0n) is 9.41. The third-order valence-electron chi connectivity index (χ3n) is 2.44. The molecule has 6 heteroatoms. The Morgan fingerprint density at radius 1 is 1.16 bits per heavy atom. The summed E-state index contributed by atoms with van der Waals surface area (Å²) in [6, 6.07) is 6.12. The fourth-order valence-corrected chi connectivity index (χ4v) is 1.98. The lowest BCUT2D eigenvalue weighted by Gasteiger charge is -2.11. The standard InChI is InChI=1S/C13H7BrF3NO/c14-9-5-8(6-18-7-9)12(19)10-3-1-2-4-11(10)13(15,16)17/h1-7H. The van der Waals surface area contributed by atoms with Crippen molar-refractivity contribution in [2.75, 3.05) is 0 Å². The lowest BCUT2D eigenvalue weighted by Crippen LogP contribution is -2.13. The van der Waals surface area contributed by atoms with E-state index in [2.05, 4.69) is 20.9 Å². The maximum absolute atomic E-state index is 12.8. The Morgan fingerprint density at radius 2 is 1.84 bits per heavy atom. The summed E-state index contributed by atoms with van der Waals surface area (Å²) in [6.45, 7) is 0. The molecule has 0 unspecified atom stereocenters. The summed E-state index contributed by atoms with van der Waals surface area (Å²) in [6.07, 6.45) is -1.88. The van der Waals surface area contributed by atoms with Crippen LogP contribution in [0.5, 0.6) is 0 Å². The molecule has 0 N–H and O–H groups in total. The van der Waals surface area contributed by atoms with Crippen molar-refractivity contribution >= 4 is 21.7 Å². The SMILES string of the molecule is O=C(c1cncc(Br)c1)c1ccccc1C(F)(F)F. The Labute approximate surface area is 115 Å². The van der Waals surface area contributed by atoms with Crippen molar-refractivity contribution in [3.63, 3.8) is 0 Å². The van der Waals surface area contributed by atoms with Crippen LogP contribution in [0.2, 0.25) is 0 Å². The van der Waals surface area contributed by atoms with Gasteiger partial charge in [0.05, 0.1) is 5.56 Å². The third-order valence-corrected chi connectivity index (χ3v) is 2.88. The van der Waals surface area contributed by atoms with Gasteiger partial charge in [0.15, 0.2) is 5.78 Å². The van der Waals surface area contributed by atoms with Crippen LogP contribution in [-0.4, -0.2) is 10.8 Å². The molecule has 0 bridgehead atoms. The molecule has 0 aliphatic heterocycles. The Kier molecular flexibility index (Phi) is 3.71. The van der Waals surface area contributed by atoms with E-state index in [4.69, 9.17) is 0 Å². The first-order valence-electron chi connectivity index (χ1n) is 5.21. The number of hydrogen-bond donors (Lipinski definition) is 0. The van der Waals surface area contributed by atoms with Crippen LogP contribution in [0.1, 0.15) is 21.5 Å². The Bertz CT molecular complexity index is 625. The average Bonchev–Trinajstić information content (AvgIpc) is 2.37. The maximum atomic E-state index is 12.8. The van der Waals surface area contributed by atoms with Gasteiger partial charge in [-0.25, -0.2) is 0 Å². The molecule has 98 valence electrons. The van der Waals surface area contributed by atoms with Gasteiger partial charge in [-0.1, -0.05) is 18.2 Å². The topological polar surface area (TPSA) is 30.0 Å². The highest BCUT2D eigenvalue weighted by Crippen LogP contribution is 2.32. The van der Waals surface area contributed by atoms with Gasteiger partial charge in [0.1, 0.15) is 0 Å². The smallest absolute Gasteiger partial charge is 0.289 e. The van der Waals surface area contributed by atoms with Crippen LogP contribution in [0.25, 0.3) is 0 Å². The lowest BCUT2D eigenvalue weighted by atomic mass is 9.99. The minimum absolute atomic E-state index is 0.103. The molecule has 2 nitrogen and oxygen atoms in total. The summed E-state index contributed by atoms with van der Waals surface area (Å²) >= 11 is 3.12. The second-order valence-corrected chi connectivity index (χ2v) is 4.68. The molecule has 0 radical (unpaired) electrons. The van der Waals surface area contributed by atoms with Gasteiger partial charge in [-0.2, -0.15) is 13.2 Å². The number of nitrogens with zero attached hydrogens (tertiary/aromatic N) is 1. The maximum Gasteiger partial charge on any atom is 0.417 e. The number of benzene rings is 1. The highest BCUT2D eigenvalue weighted by molar-refractivity contribution is 9.10. The summed E-state index contributed by atoms with van der Waals surface area (Å²) < 4.78 is 39.0. The number of halogens is 4. The molecule has 0 spiro atoms. The van der Waals surface area contributed by atoms with E-state index in [9.17, 15) is 18.0 Å². The highest BCUT2D eigenvalue weighted by atomic mass is 79.9. The number of aromatic nitrogens is 1. The number of pyridine rings is 1. The molecular weight excluding hydrogens is 323 g/mol. The Hall–Kier alpha value is -1.69. The zero-order chi connectivity index (χ0) is 14.0. The van der Waals surface area contributed by atoms with E-state index in [-0.39, 0.29) is 11.1 Å². The van der Waals surface area contributed by atoms with Gasteiger partial charge < -0.3 is 0 Å². The van der Waals surface area contributed by atoms with Crippen LogP contribution in [0, 0.1) is 0 Å². The quantitative estimate of drug-likeness (QED) is 0.776. The Balaban J connectivity index is 2.51. The van der Waals surface area contributed by atoms with Crippen molar-refractivity contribution in [1.29, 1.82) is 0 Å². The van der Waals surface area contributed by atoms with E-state index in [1.54, 1.807) is 0 Å². The van der Waals surface area contributed by atoms with E-state index in [0.717, 1.165) is 12.1 Å². The number of rotatable bonds is 2. The zero-order valence-corrected chi connectivity index (χ0v) is 11.0. The highest BCUT2D eigenvalue weighted by Gasteiger charge is 2.34. The van der Waals surface area contributed by atoms with Crippen LogP contribution in [0.15, 0.2) is 47.2 Å². The lowest BCUT2D eigenvalue weighted by molar-refractivity contribution is -0.137. The third kappa shape index (κ3) is 3.01. The number of ketones is 1. The van der Waals surface area contributed by atoms with Crippen LogP contribution in [-0.2, 0) is 6.18 Å². The van der Waals surface area contributed by atoms with Gasteiger partial charge in [0, 0.05) is 28.0 Å². The van der Waals surface area contributed by atoms with Gasteiger partial charge in [-0.3, -0.25) is 9.78 Å². The summed E-state index contributed by atoms with van der Waals surface area (Å²) in [5.41, 5.74) is -1.22. The van der Waals surface area contributed by atoms with Crippen molar-refractivity contribution in [1.82, 2.24) is 4.98 Å². The molecule has 19 heavy (non-hydrogen) atoms. The molecule has 0 atom stereocenters. The van der Waals surface area contributed by atoms with E-state index < -0.39 is 17.5 Å². The van der Waals surface area contributed by atoms with E-state index >= 15 is 0 Å². The first-order valence-corrected chi connectivity index (χ1v) is 6.00. The van der Waals surface area contributed by atoms with E-state index in [1.165, 1.54) is 30.6 Å². The summed E-state index contributed by atoms with van der Waals surface area (Å²) in [7, 11) is 0. The van der Waals surface area contributed by atoms with Crippen LogP contribution in [0.4, 0.5) is 13.2 Å². The van der Waals surface area contributed by atoms with Gasteiger partial charge >= 0.3 is 6.18 Å². The van der Waals surface area contributed by atoms with Crippen molar-refractivity contribution in [2.45, 2.75) is 6.18 Å². The molecule has 1 heterocycles. The molecule has 1 aromatic carbocycles. The molecule has 0 aliphatic rings. The molecule has 0 aliphatic carbocycles. The molecule has 0 amide bonds. The van der Waals surface area contributed by atoms with Gasteiger partial charge in [0.2, 0.25) is 0 Å². The first-order chi connectivity index (χ1) is 8.89. The van der Waals surface area contributed by atoms with E-state index in [1.807, 2.05) is 0 Å². The number of carbonyl (C=O) groups excluding carboxylic acids is 1. The normalized spacial score (nSPS) is 11.4. The van der Waals surface area contributed by atoms with Crippen LogP contribution < -0.4 is 0 Å². The monoisotopic (exact) mass is 329 g/mol. The Morgan fingerprint density at radius 3 is 2.47 bits per heavy atom. The van der Waals surface area contributed by atoms with Crippen LogP contribution in [0.3, 0.4) is 0 Å². The summed E-state index contributed by atoms with van der Waals surface area (Å²) in [5, 5.41) is 0. The van der Waals surface area contributed by atoms with Gasteiger partial charge in [-0.15, -0.1) is 0 Å². The molecule has 2 aromatic rings. The van der Waals surface area contributed by atoms with Gasteiger partial charge in [0.25, 0.3) is 0 Å². The first kappa shape index (κ1) is 13.7. The predicted molar refractivity (Wildman–Crippen MR) is 66.8 cm³/mol. The van der Waals surface area contributed by atoms with Crippen LogP contribution >= 0.6 is 15.9 Å². The van der Waals surface area contributed by atoms with Crippen molar-refractivity contribution in [3.8, 4) is 0 Å². The molecule has 0 saturated heterocycles. The number of hydrogen-bond acceptors (Lipinski definition) is 2. The molecule has 0 fully saturated rings. The number of carbonyl (C=O) groups is 1. The molecular formula is C13H7BrF3NO. The fraction of sp³-hybridized carbons (Fsp3) is 0.0769. The number of alkyl halides is 3.